The molecule has 0 bridgehead atoms. The molecule has 0 aromatic carbocycles. The summed E-state index contributed by atoms with van der Waals surface area (Å²) in [7, 11) is 0. The van der Waals surface area contributed by atoms with Crippen LogP contribution in [-0.2, 0) is 23.8 Å². The smallest absolute Gasteiger partial charge is 0.332 e. The van der Waals surface area contributed by atoms with Crippen LogP contribution in [0.3, 0.4) is 0 Å². The van der Waals surface area contributed by atoms with Gasteiger partial charge < -0.3 is 14.2 Å². The Labute approximate surface area is 89.7 Å². The maximum Gasteiger partial charge on any atom is 0.332 e. The third-order valence-electron chi connectivity index (χ3n) is 1.52. The molecule has 1 rings (SSSR count). The monoisotopic (exact) mass is 218 g/mol. The fraction of sp³-hybridized carbons (Fsp3) is 0.800. The Morgan fingerprint density at radius 3 is 2.47 bits per heavy atom. The van der Waals surface area contributed by atoms with Gasteiger partial charge >= 0.3 is 11.9 Å². The SMILES string of the molecule is CCOCC(=O)OCC.O=C1CCCO1. The molecular weight excluding hydrogens is 200 g/mol. The molecule has 0 spiro atoms. The molecular formula is C10H18O5. The Morgan fingerprint density at radius 2 is 2.13 bits per heavy atom. The molecule has 0 atom stereocenters. The molecule has 15 heavy (non-hydrogen) atoms. The van der Waals surface area contributed by atoms with Crippen LogP contribution in [0.1, 0.15) is 26.7 Å². The fourth-order valence-electron chi connectivity index (χ4n) is 0.863. The topological polar surface area (TPSA) is 61.8 Å². The predicted octanol–water partition coefficient (Wildman–Crippen LogP) is 0.909. The van der Waals surface area contributed by atoms with E-state index in [4.69, 9.17) is 4.74 Å². The van der Waals surface area contributed by atoms with Crippen LogP contribution in [0.5, 0.6) is 0 Å². The summed E-state index contributed by atoms with van der Waals surface area (Å²) in [5, 5.41) is 0. The van der Waals surface area contributed by atoms with E-state index in [0.29, 0.717) is 26.2 Å². The Hall–Kier alpha value is -1.10. The number of hydrogen-bond acceptors (Lipinski definition) is 5. The third kappa shape index (κ3) is 9.21. The van der Waals surface area contributed by atoms with Gasteiger partial charge in [-0.3, -0.25) is 4.79 Å². The van der Waals surface area contributed by atoms with Crippen LogP contribution in [0.4, 0.5) is 0 Å². The third-order valence-corrected chi connectivity index (χ3v) is 1.52. The van der Waals surface area contributed by atoms with E-state index in [0.717, 1.165) is 6.42 Å². The van der Waals surface area contributed by atoms with Gasteiger partial charge in [0.2, 0.25) is 0 Å². The molecule has 0 N–H and O–H groups in total. The van der Waals surface area contributed by atoms with Crippen molar-refractivity contribution in [1.82, 2.24) is 0 Å². The first kappa shape index (κ1) is 13.9. The summed E-state index contributed by atoms with van der Waals surface area (Å²) in [5.41, 5.74) is 0. The van der Waals surface area contributed by atoms with Crippen LogP contribution >= 0.6 is 0 Å². The van der Waals surface area contributed by atoms with Gasteiger partial charge in [-0.05, 0) is 20.3 Å². The van der Waals surface area contributed by atoms with E-state index in [1.54, 1.807) is 6.92 Å². The molecule has 0 aromatic rings. The van der Waals surface area contributed by atoms with Crippen molar-refractivity contribution < 1.29 is 23.8 Å². The van der Waals surface area contributed by atoms with E-state index < -0.39 is 0 Å². The van der Waals surface area contributed by atoms with Gasteiger partial charge in [0.25, 0.3) is 0 Å². The highest BCUT2D eigenvalue weighted by atomic mass is 16.6. The van der Waals surface area contributed by atoms with Gasteiger partial charge in [0.15, 0.2) is 0 Å². The molecule has 1 fully saturated rings. The Morgan fingerprint density at radius 1 is 1.40 bits per heavy atom. The first-order chi connectivity index (χ1) is 7.20. The van der Waals surface area contributed by atoms with Crippen LogP contribution in [-0.4, -0.2) is 38.4 Å². The van der Waals surface area contributed by atoms with E-state index in [-0.39, 0.29) is 18.5 Å². The maximum absolute atomic E-state index is 10.5. The van der Waals surface area contributed by atoms with Crippen molar-refractivity contribution >= 4 is 11.9 Å². The van der Waals surface area contributed by atoms with Gasteiger partial charge in [-0.2, -0.15) is 0 Å². The lowest BCUT2D eigenvalue weighted by Gasteiger charge is -1.99. The van der Waals surface area contributed by atoms with Gasteiger partial charge in [-0.1, -0.05) is 0 Å². The van der Waals surface area contributed by atoms with E-state index in [9.17, 15) is 9.59 Å². The molecule has 0 aliphatic carbocycles. The van der Waals surface area contributed by atoms with Crippen LogP contribution < -0.4 is 0 Å². The summed E-state index contributed by atoms with van der Waals surface area (Å²) < 4.78 is 13.9. The van der Waals surface area contributed by atoms with Crippen molar-refractivity contribution in [3.8, 4) is 0 Å². The van der Waals surface area contributed by atoms with E-state index in [1.165, 1.54) is 0 Å². The van der Waals surface area contributed by atoms with Gasteiger partial charge in [0.05, 0.1) is 13.2 Å². The van der Waals surface area contributed by atoms with Gasteiger partial charge in [-0.25, -0.2) is 4.79 Å². The minimum Gasteiger partial charge on any atom is -0.466 e. The molecule has 5 nitrogen and oxygen atoms in total. The summed E-state index contributed by atoms with van der Waals surface area (Å²) in [4.78, 5) is 20.5. The van der Waals surface area contributed by atoms with Crippen molar-refractivity contribution in [2.75, 3.05) is 26.4 Å². The molecule has 1 heterocycles. The minimum absolute atomic E-state index is 0.0463. The van der Waals surface area contributed by atoms with Gasteiger partial charge in [0, 0.05) is 13.0 Å². The average molecular weight is 218 g/mol. The second kappa shape index (κ2) is 9.45. The highest BCUT2D eigenvalue weighted by Gasteiger charge is 2.08. The number of rotatable bonds is 4. The highest BCUT2D eigenvalue weighted by Crippen LogP contribution is 2.01. The highest BCUT2D eigenvalue weighted by molar-refractivity contribution is 5.71. The van der Waals surface area contributed by atoms with Gasteiger partial charge in [0.1, 0.15) is 6.61 Å². The van der Waals surface area contributed by atoms with Crippen molar-refractivity contribution in [2.24, 2.45) is 0 Å². The molecule has 0 radical (unpaired) electrons. The van der Waals surface area contributed by atoms with Crippen LogP contribution in [0, 0.1) is 0 Å². The first-order valence-corrected chi connectivity index (χ1v) is 5.09. The van der Waals surface area contributed by atoms with Crippen LogP contribution in [0.2, 0.25) is 0 Å². The molecule has 88 valence electrons. The summed E-state index contributed by atoms with van der Waals surface area (Å²) in [6.45, 7) is 5.29. The molecule has 1 aliphatic heterocycles. The Balaban J connectivity index is 0.000000280. The lowest BCUT2D eigenvalue weighted by molar-refractivity contribution is -0.148. The molecule has 1 aliphatic rings. The molecule has 0 amide bonds. The molecule has 0 aromatic heterocycles. The zero-order chi connectivity index (χ0) is 11.5. The summed E-state index contributed by atoms with van der Waals surface area (Å²) in [6.07, 6.45) is 1.54. The number of carbonyl (C=O) groups excluding carboxylic acids is 2. The van der Waals surface area contributed by atoms with Crippen molar-refractivity contribution in [2.45, 2.75) is 26.7 Å². The molecule has 5 heteroatoms. The fourth-order valence-corrected chi connectivity index (χ4v) is 0.863. The summed E-state index contributed by atoms with van der Waals surface area (Å²) in [5.74, 6) is -0.339. The minimum atomic E-state index is -0.292. The summed E-state index contributed by atoms with van der Waals surface area (Å²) in [6, 6.07) is 0. The van der Waals surface area contributed by atoms with E-state index in [2.05, 4.69) is 9.47 Å². The van der Waals surface area contributed by atoms with Crippen LogP contribution in [0.25, 0.3) is 0 Å². The van der Waals surface area contributed by atoms with Crippen molar-refractivity contribution in [1.29, 1.82) is 0 Å². The van der Waals surface area contributed by atoms with Crippen molar-refractivity contribution in [3.63, 3.8) is 0 Å². The predicted molar refractivity (Wildman–Crippen MR) is 53.3 cm³/mol. The maximum atomic E-state index is 10.5. The zero-order valence-electron chi connectivity index (χ0n) is 9.28. The zero-order valence-corrected chi connectivity index (χ0v) is 9.28. The van der Waals surface area contributed by atoms with Crippen molar-refractivity contribution in [3.05, 3.63) is 0 Å². The number of cyclic esters (lactones) is 1. The second-order valence-corrected chi connectivity index (χ2v) is 2.77. The second-order valence-electron chi connectivity index (χ2n) is 2.77. The molecule has 0 saturated carbocycles. The lowest BCUT2D eigenvalue weighted by Crippen LogP contribution is -2.11. The standard InChI is InChI=1S/C6H12O3.C4H6O2/c1-3-8-5-6(7)9-4-2;5-4-2-1-3-6-4/h3-5H2,1-2H3;1-3H2. The number of esters is 2. The van der Waals surface area contributed by atoms with E-state index >= 15 is 0 Å². The normalized spacial score (nSPS) is 13.9. The molecule has 1 saturated heterocycles. The molecule has 0 unspecified atom stereocenters. The quantitative estimate of drug-likeness (QED) is 0.656. The van der Waals surface area contributed by atoms with Gasteiger partial charge in [-0.15, -0.1) is 0 Å². The Bertz CT molecular complexity index is 182. The summed E-state index contributed by atoms with van der Waals surface area (Å²) >= 11 is 0. The van der Waals surface area contributed by atoms with E-state index in [1.807, 2.05) is 6.92 Å². The number of ether oxygens (including phenoxy) is 3. The largest absolute Gasteiger partial charge is 0.466 e. The van der Waals surface area contributed by atoms with Crippen LogP contribution in [0.15, 0.2) is 0 Å². The number of carbonyl (C=O) groups is 2. The Kier molecular flexibility index (Phi) is 8.76. The lowest BCUT2D eigenvalue weighted by atomic mass is 10.4. The average Bonchev–Trinajstić information content (AvgIpc) is 2.67. The number of hydrogen-bond donors (Lipinski definition) is 0. The first-order valence-electron chi connectivity index (χ1n) is 5.09.